The van der Waals surface area contributed by atoms with Crippen molar-refractivity contribution in [3.63, 3.8) is 0 Å². The number of hydrogen-bond acceptors (Lipinski definition) is 3. The van der Waals surface area contributed by atoms with Gasteiger partial charge in [-0.2, -0.15) is 0 Å². The first kappa shape index (κ1) is 11.7. The van der Waals surface area contributed by atoms with Crippen molar-refractivity contribution in [1.82, 2.24) is 5.32 Å². The number of benzene rings is 1. The van der Waals surface area contributed by atoms with Gasteiger partial charge in [-0.3, -0.25) is 0 Å². The molecular weight excluding hydrogens is 224 g/mol. The maximum absolute atomic E-state index is 6.12. The Balaban J connectivity index is 2.06. The summed E-state index contributed by atoms with van der Waals surface area (Å²) in [6.45, 7) is 0.765. The zero-order valence-electron chi connectivity index (χ0n) is 9.37. The normalized spacial score (nSPS) is 17.2. The smallest absolute Gasteiger partial charge is 0.123 e. The Hall–Kier alpha value is -0.770. The summed E-state index contributed by atoms with van der Waals surface area (Å²) in [7, 11) is 1.65. The third kappa shape index (κ3) is 2.88. The highest BCUT2D eigenvalue weighted by Gasteiger charge is 2.22. The molecule has 1 aliphatic carbocycles. The number of rotatable bonds is 5. The number of ether oxygens (including phenoxy) is 1. The molecule has 2 rings (SSSR count). The number of methoxy groups -OCH3 is 1. The largest absolute Gasteiger partial charge is 0.496 e. The van der Waals surface area contributed by atoms with Gasteiger partial charge in [-0.05, 0) is 31.0 Å². The van der Waals surface area contributed by atoms with Crippen molar-refractivity contribution in [2.75, 3.05) is 13.7 Å². The second-order valence-corrected chi connectivity index (χ2v) is 4.61. The number of nitrogens with one attached hydrogen (secondary N) is 1. The van der Waals surface area contributed by atoms with Gasteiger partial charge in [0.15, 0.2) is 0 Å². The Labute approximate surface area is 101 Å². The maximum Gasteiger partial charge on any atom is 0.123 e. The fourth-order valence-electron chi connectivity index (χ4n) is 1.69. The Morgan fingerprint density at radius 1 is 1.56 bits per heavy atom. The van der Waals surface area contributed by atoms with Crippen molar-refractivity contribution in [2.24, 2.45) is 5.73 Å². The first-order chi connectivity index (χ1) is 7.70. The van der Waals surface area contributed by atoms with Crippen molar-refractivity contribution in [3.05, 3.63) is 28.8 Å². The summed E-state index contributed by atoms with van der Waals surface area (Å²) in [5.74, 6) is 0.800. The molecule has 0 radical (unpaired) electrons. The molecule has 1 unspecified atom stereocenters. The average molecular weight is 241 g/mol. The lowest BCUT2D eigenvalue weighted by Gasteiger charge is -2.16. The van der Waals surface area contributed by atoms with Crippen molar-refractivity contribution in [1.29, 1.82) is 0 Å². The minimum absolute atomic E-state index is 0.0748. The van der Waals surface area contributed by atoms with Crippen LogP contribution >= 0.6 is 11.6 Å². The van der Waals surface area contributed by atoms with Gasteiger partial charge in [0.1, 0.15) is 5.75 Å². The highest BCUT2D eigenvalue weighted by Crippen LogP contribution is 2.27. The number of halogens is 1. The second-order valence-electron chi connectivity index (χ2n) is 4.18. The summed E-state index contributed by atoms with van der Waals surface area (Å²) < 4.78 is 5.28. The molecule has 0 amide bonds. The molecule has 1 fully saturated rings. The molecule has 1 saturated carbocycles. The molecule has 1 aromatic rings. The Bertz CT molecular complexity index is 366. The Morgan fingerprint density at radius 3 is 2.94 bits per heavy atom. The van der Waals surface area contributed by atoms with Gasteiger partial charge in [-0.25, -0.2) is 0 Å². The SMILES string of the molecule is COc1ccc(Cl)cc1C(N)CNC1CC1. The standard InChI is InChI=1S/C12H17ClN2O/c1-16-12-5-2-8(13)6-10(12)11(14)7-15-9-3-4-9/h2,5-6,9,11,15H,3-4,7,14H2,1H3. The molecule has 0 aliphatic heterocycles. The zero-order chi connectivity index (χ0) is 11.5. The molecule has 4 heteroatoms. The molecule has 88 valence electrons. The van der Waals surface area contributed by atoms with Gasteiger partial charge in [0, 0.05) is 29.2 Å². The average Bonchev–Trinajstić information content (AvgIpc) is 3.09. The van der Waals surface area contributed by atoms with E-state index in [0.717, 1.165) is 17.9 Å². The monoisotopic (exact) mass is 240 g/mol. The molecule has 0 saturated heterocycles. The third-order valence-electron chi connectivity index (χ3n) is 2.80. The lowest BCUT2D eigenvalue weighted by molar-refractivity contribution is 0.404. The van der Waals surface area contributed by atoms with Crippen LogP contribution in [0.15, 0.2) is 18.2 Å². The molecule has 0 spiro atoms. The predicted octanol–water partition coefficient (Wildman–Crippen LogP) is 2.10. The van der Waals surface area contributed by atoms with E-state index in [0.29, 0.717) is 11.1 Å². The van der Waals surface area contributed by atoms with E-state index in [4.69, 9.17) is 22.1 Å². The van der Waals surface area contributed by atoms with Gasteiger partial charge < -0.3 is 15.8 Å². The van der Waals surface area contributed by atoms with Crippen LogP contribution in [0.1, 0.15) is 24.4 Å². The van der Waals surface area contributed by atoms with E-state index in [1.54, 1.807) is 7.11 Å². The fourth-order valence-corrected chi connectivity index (χ4v) is 1.87. The van der Waals surface area contributed by atoms with Crippen LogP contribution in [0.3, 0.4) is 0 Å². The highest BCUT2D eigenvalue weighted by atomic mass is 35.5. The zero-order valence-corrected chi connectivity index (χ0v) is 10.1. The quantitative estimate of drug-likeness (QED) is 0.829. The minimum atomic E-state index is -0.0748. The van der Waals surface area contributed by atoms with Crippen molar-refractivity contribution < 1.29 is 4.74 Å². The van der Waals surface area contributed by atoms with E-state index in [1.165, 1.54) is 12.8 Å². The van der Waals surface area contributed by atoms with Crippen LogP contribution in [-0.2, 0) is 0 Å². The summed E-state index contributed by atoms with van der Waals surface area (Å²) in [4.78, 5) is 0. The summed E-state index contributed by atoms with van der Waals surface area (Å²) >= 11 is 5.96. The molecule has 1 aliphatic rings. The molecule has 3 nitrogen and oxygen atoms in total. The molecule has 1 atom stereocenters. The van der Waals surface area contributed by atoms with Gasteiger partial charge in [0.05, 0.1) is 7.11 Å². The van der Waals surface area contributed by atoms with E-state index in [2.05, 4.69) is 5.32 Å². The van der Waals surface area contributed by atoms with Crippen LogP contribution in [0.5, 0.6) is 5.75 Å². The van der Waals surface area contributed by atoms with Gasteiger partial charge in [0.2, 0.25) is 0 Å². The van der Waals surface area contributed by atoms with Crippen LogP contribution in [0.4, 0.5) is 0 Å². The van der Waals surface area contributed by atoms with Crippen LogP contribution in [0.2, 0.25) is 5.02 Å². The van der Waals surface area contributed by atoms with E-state index in [9.17, 15) is 0 Å². The maximum atomic E-state index is 6.12. The van der Waals surface area contributed by atoms with Gasteiger partial charge in [-0.15, -0.1) is 0 Å². The summed E-state index contributed by atoms with van der Waals surface area (Å²) in [5, 5.41) is 4.09. The second kappa shape index (κ2) is 5.04. The molecule has 1 aromatic carbocycles. The minimum Gasteiger partial charge on any atom is -0.496 e. The van der Waals surface area contributed by atoms with Crippen LogP contribution in [-0.4, -0.2) is 19.7 Å². The summed E-state index contributed by atoms with van der Waals surface area (Å²) in [6.07, 6.45) is 2.53. The van der Waals surface area contributed by atoms with E-state index in [1.807, 2.05) is 18.2 Å². The molecular formula is C12H17ClN2O. The molecule has 3 N–H and O–H groups in total. The van der Waals surface area contributed by atoms with Crippen molar-refractivity contribution in [3.8, 4) is 5.75 Å². The molecule has 0 bridgehead atoms. The highest BCUT2D eigenvalue weighted by molar-refractivity contribution is 6.30. The number of hydrogen-bond donors (Lipinski definition) is 2. The van der Waals surface area contributed by atoms with E-state index < -0.39 is 0 Å². The van der Waals surface area contributed by atoms with Crippen LogP contribution in [0, 0.1) is 0 Å². The predicted molar refractivity (Wildman–Crippen MR) is 66.0 cm³/mol. The van der Waals surface area contributed by atoms with Crippen LogP contribution < -0.4 is 15.8 Å². The topological polar surface area (TPSA) is 47.3 Å². The van der Waals surface area contributed by atoms with Gasteiger partial charge in [0.25, 0.3) is 0 Å². The summed E-state index contributed by atoms with van der Waals surface area (Å²) in [5.41, 5.74) is 7.08. The lowest BCUT2D eigenvalue weighted by atomic mass is 10.1. The Morgan fingerprint density at radius 2 is 2.31 bits per heavy atom. The first-order valence-electron chi connectivity index (χ1n) is 5.53. The Kier molecular flexibility index (Phi) is 3.69. The third-order valence-corrected chi connectivity index (χ3v) is 3.03. The van der Waals surface area contributed by atoms with Gasteiger partial charge in [-0.1, -0.05) is 11.6 Å². The van der Waals surface area contributed by atoms with Crippen LogP contribution in [0.25, 0.3) is 0 Å². The summed E-state index contributed by atoms with van der Waals surface area (Å²) in [6, 6.07) is 6.13. The van der Waals surface area contributed by atoms with Crippen molar-refractivity contribution in [2.45, 2.75) is 24.9 Å². The lowest BCUT2D eigenvalue weighted by Crippen LogP contribution is -2.28. The van der Waals surface area contributed by atoms with Crippen molar-refractivity contribution >= 4 is 11.6 Å². The van der Waals surface area contributed by atoms with Gasteiger partial charge >= 0.3 is 0 Å². The first-order valence-corrected chi connectivity index (χ1v) is 5.91. The molecule has 16 heavy (non-hydrogen) atoms. The molecule has 0 aromatic heterocycles. The van der Waals surface area contributed by atoms with E-state index in [-0.39, 0.29) is 6.04 Å². The number of nitrogens with two attached hydrogens (primary N) is 1. The fraction of sp³-hybridized carbons (Fsp3) is 0.500. The van der Waals surface area contributed by atoms with E-state index >= 15 is 0 Å². The molecule has 0 heterocycles.